The molecule has 1 heterocycles. The van der Waals surface area contributed by atoms with E-state index in [-0.39, 0.29) is 5.91 Å². The van der Waals surface area contributed by atoms with E-state index in [0.29, 0.717) is 36.5 Å². The van der Waals surface area contributed by atoms with Crippen molar-refractivity contribution in [2.24, 2.45) is 0 Å². The SMILES string of the molecule is COCC1=CCN(C(=O)c2cc(N)c(C)c(F)c2)CC1. The number of carbonyl (C=O) groups excluding carboxylic acids is 1. The number of benzene rings is 1. The summed E-state index contributed by atoms with van der Waals surface area (Å²) in [6, 6.07) is 2.79. The third-order valence-corrected chi connectivity index (χ3v) is 3.55. The van der Waals surface area contributed by atoms with Gasteiger partial charge in [0.25, 0.3) is 5.91 Å². The summed E-state index contributed by atoms with van der Waals surface area (Å²) in [5, 5.41) is 0. The monoisotopic (exact) mass is 278 g/mol. The van der Waals surface area contributed by atoms with E-state index in [2.05, 4.69) is 0 Å². The molecule has 5 heteroatoms. The van der Waals surface area contributed by atoms with Gasteiger partial charge in [-0.15, -0.1) is 0 Å². The third kappa shape index (κ3) is 2.99. The molecule has 4 nitrogen and oxygen atoms in total. The smallest absolute Gasteiger partial charge is 0.254 e. The topological polar surface area (TPSA) is 55.6 Å². The van der Waals surface area contributed by atoms with Gasteiger partial charge in [-0.3, -0.25) is 4.79 Å². The fourth-order valence-electron chi connectivity index (χ4n) is 2.22. The number of halogens is 1. The number of anilines is 1. The third-order valence-electron chi connectivity index (χ3n) is 3.55. The van der Waals surface area contributed by atoms with Crippen molar-refractivity contribution in [2.75, 3.05) is 32.5 Å². The second kappa shape index (κ2) is 6.05. The maximum Gasteiger partial charge on any atom is 0.254 e. The number of ether oxygens (including phenoxy) is 1. The highest BCUT2D eigenvalue weighted by Gasteiger charge is 2.20. The standard InChI is InChI=1S/C15H19FN2O2/c1-10-13(16)7-12(8-14(10)17)15(19)18-5-3-11(4-6-18)9-20-2/h3,7-8H,4-6,9,17H2,1-2H3. The number of rotatable bonds is 3. The predicted octanol–water partition coefficient (Wildman–Crippen LogP) is 2.14. The lowest BCUT2D eigenvalue weighted by molar-refractivity contribution is 0.0764. The molecular formula is C15H19FN2O2. The molecule has 0 fully saturated rings. The number of hydrogen-bond donors (Lipinski definition) is 1. The van der Waals surface area contributed by atoms with E-state index in [9.17, 15) is 9.18 Å². The molecule has 1 aliphatic heterocycles. The molecule has 0 radical (unpaired) electrons. The summed E-state index contributed by atoms with van der Waals surface area (Å²) in [6.07, 6.45) is 2.77. The Morgan fingerprint density at radius 2 is 2.25 bits per heavy atom. The summed E-state index contributed by atoms with van der Waals surface area (Å²) in [5.41, 5.74) is 7.88. The summed E-state index contributed by atoms with van der Waals surface area (Å²) in [5.74, 6) is -0.635. The number of methoxy groups -OCH3 is 1. The van der Waals surface area contributed by atoms with Crippen LogP contribution in [0.25, 0.3) is 0 Å². The number of nitrogen functional groups attached to an aromatic ring is 1. The van der Waals surface area contributed by atoms with Crippen molar-refractivity contribution in [3.05, 3.63) is 40.7 Å². The van der Waals surface area contributed by atoms with Gasteiger partial charge in [-0.1, -0.05) is 6.08 Å². The van der Waals surface area contributed by atoms with E-state index in [1.165, 1.54) is 17.7 Å². The molecule has 0 saturated heterocycles. The molecule has 2 N–H and O–H groups in total. The average Bonchev–Trinajstić information content (AvgIpc) is 2.44. The van der Waals surface area contributed by atoms with Gasteiger partial charge in [-0.2, -0.15) is 0 Å². The fraction of sp³-hybridized carbons (Fsp3) is 0.400. The van der Waals surface area contributed by atoms with E-state index < -0.39 is 5.82 Å². The zero-order valence-electron chi connectivity index (χ0n) is 11.8. The highest BCUT2D eigenvalue weighted by atomic mass is 19.1. The van der Waals surface area contributed by atoms with Crippen molar-refractivity contribution in [2.45, 2.75) is 13.3 Å². The first-order chi connectivity index (χ1) is 9.52. The van der Waals surface area contributed by atoms with E-state index in [1.54, 1.807) is 18.9 Å². The Hall–Kier alpha value is -1.88. The van der Waals surface area contributed by atoms with Crippen molar-refractivity contribution >= 4 is 11.6 Å². The minimum atomic E-state index is -0.444. The van der Waals surface area contributed by atoms with Crippen LogP contribution >= 0.6 is 0 Å². The molecule has 0 atom stereocenters. The van der Waals surface area contributed by atoms with Crippen LogP contribution in [0.15, 0.2) is 23.8 Å². The number of nitrogens with two attached hydrogens (primary N) is 1. The molecule has 1 aliphatic rings. The lowest BCUT2D eigenvalue weighted by Gasteiger charge is -2.26. The average molecular weight is 278 g/mol. The number of carbonyl (C=O) groups is 1. The lowest BCUT2D eigenvalue weighted by Crippen LogP contribution is -2.35. The molecule has 0 saturated carbocycles. The van der Waals surface area contributed by atoms with Gasteiger partial charge >= 0.3 is 0 Å². The second-order valence-corrected chi connectivity index (χ2v) is 4.97. The fourth-order valence-corrected chi connectivity index (χ4v) is 2.22. The second-order valence-electron chi connectivity index (χ2n) is 4.97. The first-order valence-electron chi connectivity index (χ1n) is 6.54. The first-order valence-corrected chi connectivity index (χ1v) is 6.54. The Bertz CT molecular complexity index is 532. The van der Waals surface area contributed by atoms with Gasteiger partial charge in [-0.05, 0) is 31.1 Å². The van der Waals surface area contributed by atoms with Crippen LogP contribution < -0.4 is 5.73 Å². The Labute approximate surface area is 118 Å². The van der Waals surface area contributed by atoms with Crippen LogP contribution in [-0.4, -0.2) is 37.6 Å². The van der Waals surface area contributed by atoms with Crippen molar-refractivity contribution < 1.29 is 13.9 Å². The van der Waals surface area contributed by atoms with Crippen LogP contribution in [0.5, 0.6) is 0 Å². The van der Waals surface area contributed by atoms with Crippen LogP contribution in [0.4, 0.5) is 10.1 Å². The molecular weight excluding hydrogens is 259 g/mol. The Morgan fingerprint density at radius 1 is 1.50 bits per heavy atom. The Kier molecular flexibility index (Phi) is 4.39. The molecule has 0 spiro atoms. The molecule has 0 aliphatic carbocycles. The maximum atomic E-state index is 13.7. The van der Waals surface area contributed by atoms with Gasteiger partial charge in [0.2, 0.25) is 0 Å². The molecule has 1 amide bonds. The van der Waals surface area contributed by atoms with Crippen molar-refractivity contribution in [1.82, 2.24) is 4.90 Å². The molecule has 20 heavy (non-hydrogen) atoms. The molecule has 2 rings (SSSR count). The minimum absolute atomic E-state index is 0.191. The largest absolute Gasteiger partial charge is 0.398 e. The summed E-state index contributed by atoms with van der Waals surface area (Å²) < 4.78 is 18.7. The van der Waals surface area contributed by atoms with Gasteiger partial charge in [0.1, 0.15) is 5.82 Å². The summed E-state index contributed by atoms with van der Waals surface area (Å²) >= 11 is 0. The van der Waals surface area contributed by atoms with E-state index >= 15 is 0 Å². The normalized spacial score (nSPS) is 15.2. The Morgan fingerprint density at radius 3 is 2.80 bits per heavy atom. The van der Waals surface area contributed by atoms with E-state index in [1.807, 2.05) is 6.08 Å². The number of hydrogen-bond acceptors (Lipinski definition) is 3. The zero-order chi connectivity index (χ0) is 14.7. The van der Waals surface area contributed by atoms with Crippen LogP contribution in [0, 0.1) is 12.7 Å². The maximum absolute atomic E-state index is 13.7. The first kappa shape index (κ1) is 14.5. The van der Waals surface area contributed by atoms with E-state index in [4.69, 9.17) is 10.5 Å². The highest BCUT2D eigenvalue weighted by Crippen LogP contribution is 2.20. The van der Waals surface area contributed by atoms with Crippen molar-refractivity contribution in [3.63, 3.8) is 0 Å². The predicted molar refractivity (Wildman–Crippen MR) is 76.0 cm³/mol. The van der Waals surface area contributed by atoms with Crippen LogP contribution in [-0.2, 0) is 4.74 Å². The quantitative estimate of drug-likeness (QED) is 0.680. The van der Waals surface area contributed by atoms with Gasteiger partial charge in [0, 0.05) is 37.0 Å². The van der Waals surface area contributed by atoms with Gasteiger partial charge in [-0.25, -0.2) is 4.39 Å². The number of nitrogens with zero attached hydrogens (tertiary/aromatic N) is 1. The van der Waals surface area contributed by atoms with Gasteiger partial charge < -0.3 is 15.4 Å². The molecule has 0 unspecified atom stereocenters. The lowest BCUT2D eigenvalue weighted by atomic mass is 10.1. The molecule has 108 valence electrons. The summed E-state index contributed by atoms with van der Waals surface area (Å²) in [6.45, 7) is 3.32. The number of amides is 1. The molecule has 1 aromatic carbocycles. The summed E-state index contributed by atoms with van der Waals surface area (Å²) in [4.78, 5) is 14.0. The van der Waals surface area contributed by atoms with Crippen LogP contribution in [0.1, 0.15) is 22.3 Å². The molecule has 1 aromatic rings. The van der Waals surface area contributed by atoms with Crippen LogP contribution in [0.3, 0.4) is 0 Å². The molecule has 0 aromatic heterocycles. The zero-order valence-corrected chi connectivity index (χ0v) is 11.8. The van der Waals surface area contributed by atoms with Gasteiger partial charge in [0.15, 0.2) is 0 Å². The van der Waals surface area contributed by atoms with Gasteiger partial charge in [0.05, 0.1) is 6.61 Å². The Balaban J connectivity index is 2.13. The summed E-state index contributed by atoms with van der Waals surface area (Å²) in [7, 11) is 1.65. The highest BCUT2D eigenvalue weighted by molar-refractivity contribution is 5.95. The van der Waals surface area contributed by atoms with Crippen LogP contribution in [0.2, 0.25) is 0 Å². The van der Waals surface area contributed by atoms with Crippen molar-refractivity contribution in [1.29, 1.82) is 0 Å². The van der Waals surface area contributed by atoms with Crippen molar-refractivity contribution in [3.8, 4) is 0 Å². The minimum Gasteiger partial charge on any atom is -0.398 e. The molecule has 0 bridgehead atoms. The van der Waals surface area contributed by atoms with E-state index in [0.717, 1.165) is 6.42 Å².